The standard InChI is InChI=1S/C26H29NO2/c1-5-18-11-7-9-13-21(18)27-22-15-26(3,4)16-23(28)25(22)20(14-24(27)29)19-12-8-6-10-17(19)2/h6-13,20H,5,14-16H2,1-4H3. The van der Waals surface area contributed by atoms with Gasteiger partial charge in [-0.2, -0.15) is 0 Å². The van der Waals surface area contributed by atoms with Crippen molar-refractivity contribution >= 4 is 17.4 Å². The van der Waals surface area contributed by atoms with E-state index in [0.29, 0.717) is 12.8 Å². The number of nitrogens with zero attached hydrogens (tertiary/aromatic N) is 1. The molecule has 150 valence electrons. The Kier molecular flexibility index (Phi) is 4.94. The molecule has 0 saturated carbocycles. The molecule has 0 saturated heterocycles. The molecule has 1 atom stereocenters. The van der Waals surface area contributed by atoms with Crippen LogP contribution in [0.5, 0.6) is 0 Å². The summed E-state index contributed by atoms with van der Waals surface area (Å²) in [6.07, 6.45) is 2.46. The number of hydrogen-bond donors (Lipinski definition) is 0. The fourth-order valence-corrected chi connectivity index (χ4v) is 4.97. The summed E-state index contributed by atoms with van der Waals surface area (Å²) < 4.78 is 0. The van der Waals surface area contributed by atoms with Gasteiger partial charge in [0.25, 0.3) is 0 Å². The summed E-state index contributed by atoms with van der Waals surface area (Å²) in [5, 5.41) is 0. The van der Waals surface area contributed by atoms with Gasteiger partial charge in [-0.3, -0.25) is 14.5 Å². The second kappa shape index (κ2) is 7.29. The topological polar surface area (TPSA) is 37.4 Å². The second-order valence-electron chi connectivity index (χ2n) is 9.13. The lowest BCUT2D eigenvalue weighted by Crippen LogP contribution is -2.44. The zero-order valence-electron chi connectivity index (χ0n) is 17.8. The third kappa shape index (κ3) is 3.43. The summed E-state index contributed by atoms with van der Waals surface area (Å²) in [5.74, 6) is 0.131. The third-order valence-corrected chi connectivity index (χ3v) is 6.32. The molecule has 2 aromatic carbocycles. The van der Waals surface area contributed by atoms with Gasteiger partial charge in [0.1, 0.15) is 0 Å². The van der Waals surface area contributed by atoms with E-state index < -0.39 is 0 Å². The van der Waals surface area contributed by atoms with Crippen molar-refractivity contribution in [3.63, 3.8) is 0 Å². The van der Waals surface area contributed by atoms with E-state index in [2.05, 4.69) is 45.9 Å². The van der Waals surface area contributed by atoms with Crippen molar-refractivity contribution in [2.75, 3.05) is 4.90 Å². The van der Waals surface area contributed by atoms with Gasteiger partial charge in [-0.25, -0.2) is 0 Å². The number of amides is 1. The van der Waals surface area contributed by atoms with E-state index in [1.807, 2.05) is 35.2 Å². The number of carbonyl (C=O) groups excluding carboxylic acids is 2. The normalized spacial score (nSPS) is 21.4. The van der Waals surface area contributed by atoms with Crippen LogP contribution in [0.2, 0.25) is 0 Å². The number of ketones is 1. The molecule has 2 aliphatic rings. The Labute approximate surface area is 173 Å². The number of hydrogen-bond acceptors (Lipinski definition) is 2. The zero-order chi connectivity index (χ0) is 20.8. The van der Waals surface area contributed by atoms with E-state index in [0.717, 1.165) is 46.5 Å². The van der Waals surface area contributed by atoms with Gasteiger partial charge in [0.15, 0.2) is 5.78 Å². The Bertz CT molecular complexity index is 1010. The van der Waals surface area contributed by atoms with Crippen LogP contribution in [0.25, 0.3) is 0 Å². The van der Waals surface area contributed by atoms with Crippen LogP contribution in [-0.2, 0) is 16.0 Å². The van der Waals surface area contributed by atoms with Crippen LogP contribution >= 0.6 is 0 Å². The minimum atomic E-state index is -0.150. The molecule has 0 radical (unpaired) electrons. The third-order valence-electron chi connectivity index (χ3n) is 6.32. The van der Waals surface area contributed by atoms with E-state index in [1.165, 1.54) is 0 Å². The molecule has 1 aliphatic heterocycles. The van der Waals surface area contributed by atoms with Gasteiger partial charge in [0.2, 0.25) is 5.91 Å². The van der Waals surface area contributed by atoms with Crippen LogP contribution in [-0.4, -0.2) is 11.7 Å². The smallest absolute Gasteiger partial charge is 0.232 e. The first-order valence-electron chi connectivity index (χ1n) is 10.5. The monoisotopic (exact) mass is 387 g/mol. The highest BCUT2D eigenvalue weighted by atomic mass is 16.2. The van der Waals surface area contributed by atoms with Crippen LogP contribution in [0, 0.1) is 12.3 Å². The van der Waals surface area contributed by atoms with Crippen LogP contribution in [0.4, 0.5) is 5.69 Å². The van der Waals surface area contributed by atoms with Gasteiger partial charge < -0.3 is 0 Å². The van der Waals surface area contributed by atoms with Crippen LogP contribution in [0.1, 0.15) is 62.6 Å². The molecule has 4 rings (SSSR count). The van der Waals surface area contributed by atoms with Gasteiger partial charge in [-0.1, -0.05) is 63.2 Å². The molecule has 1 aliphatic carbocycles. The summed E-state index contributed by atoms with van der Waals surface area (Å²) in [5.41, 5.74) is 5.92. The van der Waals surface area contributed by atoms with Gasteiger partial charge in [-0.15, -0.1) is 0 Å². The first-order chi connectivity index (χ1) is 13.8. The maximum atomic E-state index is 13.5. The number of para-hydroxylation sites is 1. The highest BCUT2D eigenvalue weighted by Gasteiger charge is 2.44. The van der Waals surface area contributed by atoms with E-state index in [4.69, 9.17) is 0 Å². The Morgan fingerprint density at radius 2 is 1.69 bits per heavy atom. The van der Waals surface area contributed by atoms with Crippen molar-refractivity contribution in [1.82, 2.24) is 0 Å². The van der Waals surface area contributed by atoms with Crippen molar-refractivity contribution < 1.29 is 9.59 Å². The highest BCUT2D eigenvalue weighted by molar-refractivity contribution is 6.08. The first-order valence-corrected chi connectivity index (χ1v) is 10.5. The predicted octanol–water partition coefficient (Wildman–Crippen LogP) is 5.72. The van der Waals surface area contributed by atoms with Gasteiger partial charge in [-0.05, 0) is 47.9 Å². The van der Waals surface area contributed by atoms with Crippen LogP contribution in [0.15, 0.2) is 59.8 Å². The van der Waals surface area contributed by atoms with Gasteiger partial charge >= 0.3 is 0 Å². The molecule has 1 amide bonds. The molecule has 3 heteroatoms. The lowest BCUT2D eigenvalue weighted by molar-refractivity contribution is -0.121. The summed E-state index contributed by atoms with van der Waals surface area (Å²) in [7, 11) is 0. The molecule has 0 spiro atoms. The number of Topliss-reactive ketones (excluding diaryl/α,β-unsaturated/α-hetero) is 1. The minimum absolute atomic E-state index is 0.0865. The lowest BCUT2D eigenvalue weighted by Gasteiger charge is -2.43. The van der Waals surface area contributed by atoms with E-state index in [1.54, 1.807) is 0 Å². The lowest BCUT2D eigenvalue weighted by atomic mass is 9.68. The number of allylic oxidation sites excluding steroid dienone is 2. The van der Waals surface area contributed by atoms with E-state index in [9.17, 15) is 9.59 Å². The highest BCUT2D eigenvalue weighted by Crippen LogP contribution is 2.48. The fourth-order valence-electron chi connectivity index (χ4n) is 4.97. The fraction of sp³-hybridized carbons (Fsp3) is 0.385. The SMILES string of the molecule is CCc1ccccc1N1C(=O)CC(c2ccccc2C)C2=C1CC(C)(C)CC2=O. The van der Waals surface area contributed by atoms with Crippen molar-refractivity contribution in [2.45, 2.75) is 59.3 Å². The van der Waals surface area contributed by atoms with Crippen molar-refractivity contribution in [2.24, 2.45) is 5.41 Å². The average Bonchev–Trinajstić information content (AvgIpc) is 2.67. The van der Waals surface area contributed by atoms with Crippen molar-refractivity contribution in [3.05, 3.63) is 76.5 Å². The van der Waals surface area contributed by atoms with E-state index in [-0.39, 0.29) is 23.0 Å². The number of anilines is 1. The number of carbonyl (C=O) groups is 2. The molecule has 0 fully saturated rings. The molecule has 1 heterocycles. The molecule has 0 N–H and O–H groups in total. The molecule has 29 heavy (non-hydrogen) atoms. The molecular formula is C26H29NO2. The van der Waals surface area contributed by atoms with Crippen molar-refractivity contribution in [1.29, 1.82) is 0 Å². The minimum Gasteiger partial charge on any atom is -0.294 e. The Morgan fingerprint density at radius 1 is 1.00 bits per heavy atom. The average molecular weight is 388 g/mol. The molecule has 0 bridgehead atoms. The molecular weight excluding hydrogens is 358 g/mol. The Hall–Kier alpha value is -2.68. The summed E-state index contributed by atoms with van der Waals surface area (Å²) in [4.78, 5) is 28.8. The van der Waals surface area contributed by atoms with Crippen molar-refractivity contribution in [3.8, 4) is 0 Å². The van der Waals surface area contributed by atoms with E-state index >= 15 is 0 Å². The predicted molar refractivity (Wildman–Crippen MR) is 117 cm³/mol. The van der Waals surface area contributed by atoms with Gasteiger partial charge in [0, 0.05) is 30.0 Å². The Balaban J connectivity index is 1.94. The second-order valence-corrected chi connectivity index (χ2v) is 9.13. The molecule has 2 aromatic rings. The Morgan fingerprint density at radius 3 is 2.41 bits per heavy atom. The largest absolute Gasteiger partial charge is 0.294 e. The quantitative estimate of drug-likeness (QED) is 0.675. The molecule has 1 unspecified atom stereocenters. The van der Waals surface area contributed by atoms with Gasteiger partial charge in [0.05, 0.1) is 5.69 Å². The zero-order valence-corrected chi connectivity index (χ0v) is 17.8. The number of rotatable bonds is 3. The van der Waals surface area contributed by atoms with Crippen LogP contribution in [0.3, 0.4) is 0 Å². The van der Waals surface area contributed by atoms with Crippen LogP contribution < -0.4 is 4.90 Å². The molecule has 3 nitrogen and oxygen atoms in total. The summed E-state index contributed by atoms with van der Waals surface area (Å²) in [6, 6.07) is 16.2. The summed E-state index contributed by atoms with van der Waals surface area (Å²) >= 11 is 0. The number of benzene rings is 2. The maximum absolute atomic E-state index is 13.5. The maximum Gasteiger partial charge on any atom is 0.232 e. The first kappa shape index (κ1) is 19.6. The molecule has 0 aromatic heterocycles. The summed E-state index contributed by atoms with van der Waals surface area (Å²) in [6.45, 7) is 8.42. The number of aryl methyl sites for hydroxylation is 2.